The fourth-order valence-corrected chi connectivity index (χ4v) is 2.62. The molecule has 2 rings (SSSR count). The van der Waals surface area contributed by atoms with Crippen LogP contribution in [-0.2, 0) is 9.47 Å². The normalized spacial score (nSPS) is 19.6. The van der Waals surface area contributed by atoms with Gasteiger partial charge in [-0.2, -0.15) is 0 Å². The summed E-state index contributed by atoms with van der Waals surface area (Å²) in [5, 5.41) is 10.1. The second-order valence-corrected chi connectivity index (χ2v) is 5.83. The minimum atomic E-state index is -0.455. The van der Waals surface area contributed by atoms with Crippen LogP contribution in [0.1, 0.15) is 31.4 Å². The van der Waals surface area contributed by atoms with Crippen molar-refractivity contribution in [2.45, 2.75) is 38.0 Å². The van der Waals surface area contributed by atoms with Gasteiger partial charge in [-0.1, -0.05) is 30.3 Å². The van der Waals surface area contributed by atoms with Crippen LogP contribution in [0.15, 0.2) is 30.3 Å². The summed E-state index contributed by atoms with van der Waals surface area (Å²) in [7, 11) is 2.04. The molecule has 1 aliphatic rings. The van der Waals surface area contributed by atoms with Crippen molar-refractivity contribution in [1.82, 2.24) is 4.90 Å². The third-order valence-corrected chi connectivity index (χ3v) is 4.13. The summed E-state index contributed by atoms with van der Waals surface area (Å²) >= 11 is 0. The Bertz CT molecular complexity index is 392. The molecule has 1 aromatic rings. The van der Waals surface area contributed by atoms with Crippen LogP contribution >= 0.6 is 0 Å². The van der Waals surface area contributed by atoms with Crippen molar-refractivity contribution < 1.29 is 14.6 Å². The van der Waals surface area contributed by atoms with E-state index in [1.54, 1.807) is 0 Å². The zero-order valence-corrected chi connectivity index (χ0v) is 13.1. The zero-order chi connectivity index (χ0) is 15.1. The highest BCUT2D eigenvalue weighted by molar-refractivity contribution is 5.18. The molecule has 1 N–H and O–H groups in total. The van der Waals surface area contributed by atoms with Gasteiger partial charge in [0, 0.05) is 25.8 Å². The van der Waals surface area contributed by atoms with Gasteiger partial charge in [-0.3, -0.25) is 4.90 Å². The fourth-order valence-electron chi connectivity index (χ4n) is 2.62. The Balaban J connectivity index is 1.72. The fraction of sp³-hybridized carbons (Fsp3) is 0.647. The van der Waals surface area contributed by atoms with E-state index in [1.807, 2.05) is 25.2 Å². The minimum absolute atomic E-state index is 0.241. The summed E-state index contributed by atoms with van der Waals surface area (Å²) in [4.78, 5) is 2.16. The lowest BCUT2D eigenvalue weighted by atomic mass is 10.1. The number of benzene rings is 1. The van der Waals surface area contributed by atoms with Crippen LogP contribution in [0.4, 0.5) is 0 Å². The molecule has 1 heterocycles. The monoisotopic (exact) mass is 293 g/mol. The van der Waals surface area contributed by atoms with Crippen LogP contribution in [-0.4, -0.2) is 55.6 Å². The Hall–Kier alpha value is -0.940. The van der Waals surface area contributed by atoms with Crippen LogP contribution in [0.5, 0.6) is 0 Å². The van der Waals surface area contributed by atoms with Crippen LogP contribution in [0.3, 0.4) is 0 Å². The highest BCUT2D eigenvalue weighted by Gasteiger charge is 2.18. The average molecular weight is 293 g/mol. The molecular weight excluding hydrogens is 266 g/mol. The van der Waals surface area contributed by atoms with E-state index < -0.39 is 6.10 Å². The number of aliphatic hydroxyl groups is 1. The number of hydrogen-bond acceptors (Lipinski definition) is 4. The molecule has 1 saturated heterocycles. The lowest BCUT2D eigenvalue weighted by Crippen LogP contribution is -2.35. The lowest BCUT2D eigenvalue weighted by molar-refractivity contribution is -0.0644. The highest BCUT2D eigenvalue weighted by atomic mass is 16.5. The first-order valence-corrected chi connectivity index (χ1v) is 7.79. The predicted molar refractivity (Wildman–Crippen MR) is 83.3 cm³/mol. The van der Waals surface area contributed by atoms with Crippen molar-refractivity contribution in [2.75, 3.05) is 33.4 Å². The second-order valence-electron chi connectivity index (χ2n) is 5.83. The Morgan fingerprint density at radius 1 is 1.29 bits per heavy atom. The van der Waals surface area contributed by atoms with E-state index in [-0.39, 0.29) is 12.1 Å². The summed E-state index contributed by atoms with van der Waals surface area (Å²) in [5.74, 6) is 0. The topological polar surface area (TPSA) is 41.9 Å². The van der Waals surface area contributed by atoms with E-state index in [4.69, 9.17) is 9.47 Å². The molecule has 1 aliphatic heterocycles. The van der Waals surface area contributed by atoms with Gasteiger partial charge in [-0.15, -0.1) is 0 Å². The average Bonchev–Trinajstić information content (AvgIpc) is 2.54. The first-order valence-electron chi connectivity index (χ1n) is 7.79. The molecule has 1 aromatic carbocycles. The van der Waals surface area contributed by atoms with E-state index >= 15 is 0 Å². The van der Waals surface area contributed by atoms with E-state index in [0.717, 1.165) is 26.1 Å². The Morgan fingerprint density at radius 2 is 1.95 bits per heavy atom. The van der Waals surface area contributed by atoms with Crippen molar-refractivity contribution in [3.8, 4) is 0 Å². The lowest BCUT2D eigenvalue weighted by Gasteiger charge is -2.28. The standard InChI is InChI=1S/C17H27NO3/c1-14(15-6-4-3-5-7-15)18(2)12-16(19)13-21-17-8-10-20-11-9-17/h3-7,14,16-17,19H,8-13H2,1-2H3. The Labute approximate surface area is 127 Å². The maximum atomic E-state index is 10.1. The highest BCUT2D eigenvalue weighted by Crippen LogP contribution is 2.18. The number of ether oxygens (including phenoxy) is 2. The zero-order valence-electron chi connectivity index (χ0n) is 13.1. The number of aliphatic hydroxyl groups excluding tert-OH is 1. The molecular formula is C17H27NO3. The van der Waals surface area contributed by atoms with Crippen molar-refractivity contribution in [3.05, 3.63) is 35.9 Å². The summed E-state index contributed by atoms with van der Waals surface area (Å²) < 4.78 is 11.1. The van der Waals surface area contributed by atoms with Crippen molar-refractivity contribution in [1.29, 1.82) is 0 Å². The smallest absolute Gasteiger partial charge is 0.0900 e. The molecule has 0 bridgehead atoms. The van der Waals surface area contributed by atoms with Crippen molar-refractivity contribution >= 4 is 0 Å². The molecule has 0 radical (unpaired) electrons. The van der Waals surface area contributed by atoms with Gasteiger partial charge >= 0.3 is 0 Å². The van der Waals surface area contributed by atoms with Crippen LogP contribution < -0.4 is 0 Å². The third-order valence-electron chi connectivity index (χ3n) is 4.13. The SMILES string of the molecule is CC(c1ccccc1)N(C)CC(O)COC1CCOCC1. The molecule has 21 heavy (non-hydrogen) atoms. The summed E-state index contributed by atoms with van der Waals surface area (Å²) in [6.45, 7) is 4.70. The largest absolute Gasteiger partial charge is 0.389 e. The number of likely N-dealkylation sites (N-methyl/N-ethyl adjacent to an activating group) is 1. The van der Waals surface area contributed by atoms with Gasteiger partial charge in [-0.05, 0) is 32.4 Å². The van der Waals surface area contributed by atoms with E-state index in [2.05, 4.69) is 24.0 Å². The van der Waals surface area contributed by atoms with E-state index in [9.17, 15) is 5.11 Å². The molecule has 0 spiro atoms. The molecule has 1 fully saturated rings. The van der Waals surface area contributed by atoms with Gasteiger partial charge in [0.05, 0.1) is 18.8 Å². The van der Waals surface area contributed by atoms with Gasteiger partial charge in [0.1, 0.15) is 0 Å². The molecule has 118 valence electrons. The molecule has 0 aromatic heterocycles. The van der Waals surface area contributed by atoms with Gasteiger partial charge in [0.2, 0.25) is 0 Å². The Morgan fingerprint density at radius 3 is 2.62 bits per heavy atom. The maximum absolute atomic E-state index is 10.1. The van der Waals surface area contributed by atoms with Gasteiger partial charge in [0.15, 0.2) is 0 Å². The third kappa shape index (κ3) is 5.40. The van der Waals surface area contributed by atoms with Crippen molar-refractivity contribution in [3.63, 3.8) is 0 Å². The minimum Gasteiger partial charge on any atom is -0.389 e. The van der Waals surface area contributed by atoms with E-state index in [1.165, 1.54) is 5.56 Å². The van der Waals surface area contributed by atoms with Crippen LogP contribution in [0.2, 0.25) is 0 Å². The van der Waals surface area contributed by atoms with Crippen LogP contribution in [0, 0.1) is 0 Å². The molecule has 0 amide bonds. The number of nitrogens with zero attached hydrogens (tertiary/aromatic N) is 1. The van der Waals surface area contributed by atoms with Gasteiger partial charge in [0.25, 0.3) is 0 Å². The molecule has 0 saturated carbocycles. The van der Waals surface area contributed by atoms with E-state index in [0.29, 0.717) is 13.2 Å². The van der Waals surface area contributed by atoms with Gasteiger partial charge in [-0.25, -0.2) is 0 Å². The first-order chi connectivity index (χ1) is 10.2. The number of hydrogen-bond donors (Lipinski definition) is 1. The Kier molecular flexibility index (Phi) is 6.64. The number of rotatable bonds is 7. The van der Waals surface area contributed by atoms with Gasteiger partial charge < -0.3 is 14.6 Å². The van der Waals surface area contributed by atoms with Crippen LogP contribution in [0.25, 0.3) is 0 Å². The molecule has 0 aliphatic carbocycles. The van der Waals surface area contributed by atoms with Crippen molar-refractivity contribution in [2.24, 2.45) is 0 Å². The molecule has 4 heteroatoms. The molecule has 2 atom stereocenters. The maximum Gasteiger partial charge on any atom is 0.0900 e. The summed E-state index contributed by atoms with van der Waals surface area (Å²) in [5.41, 5.74) is 1.26. The predicted octanol–water partition coefficient (Wildman–Crippen LogP) is 2.24. The molecule has 4 nitrogen and oxygen atoms in total. The first kappa shape index (κ1) is 16.4. The molecule has 2 unspecified atom stereocenters. The summed E-state index contributed by atoms with van der Waals surface area (Å²) in [6.07, 6.45) is 1.65. The quantitative estimate of drug-likeness (QED) is 0.837. The second kappa shape index (κ2) is 8.49. The summed E-state index contributed by atoms with van der Waals surface area (Å²) in [6, 6.07) is 10.6.